The molecule has 0 bridgehead atoms. The molecule has 1 aromatic rings. The number of carbonyl (C=O) groups is 1. The summed E-state index contributed by atoms with van der Waals surface area (Å²) < 4.78 is 0. The molecule has 0 atom stereocenters. The third-order valence-electron chi connectivity index (χ3n) is 3.33. The summed E-state index contributed by atoms with van der Waals surface area (Å²) in [7, 11) is 0. The number of hydrogen-bond acceptors (Lipinski definition) is 4. The van der Waals surface area contributed by atoms with Crippen LogP contribution in [0, 0.1) is 11.8 Å². The first-order valence-corrected chi connectivity index (χ1v) is 7.86. The van der Waals surface area contributed by atoms with Crippen molar-refractivity contribution < 1.29 is 4.79 Å². The van der Waals surface area contributed by atoms with Crippen LogP contribution in [0.2, 0.25) is 0 Å². The molecule has 1 aliphatic heterocycles. The average molecular weight is 291 g/mol. The second kappa shape index (κ2) is 7.44. The smallest absolute Gasteiger partial charge is 0.264 e. The van der Waals surface area contributed by atoms with Crippen LogP contribution in [0.3, 0.4) is 0 Å². The summed E-state index contributed by atoms with van der Waals surface area (Å²) in [5, 5.41) is 0. The van der Waals surface area contributed by atoms with Crippen molar-refractivity contribution >= 4 is 17.2 Å². The lowest BCUT2D eigenvalue weighted by Gasteiger charge is -2.34. The Bertz CT molecular complexity index is 507. The van der Waals surface area contributed by atoms with Crippen molar-refractivity contribution in [2.45, 2.75) is 13.3 Å². The Hall–Kier alpha value is -1.35. The summed E-state index contributed by atoms with van der Waals surface area (Å²) in [6.45, 7) is 7.25. The lowest BCUT2D eigenvalue weighted by molar-refractivity contribution is 0.0642. The highest BCUT2D eigenvalue weighted by atomic mass is 32.1. The first-order valence-electron chi connectivity index (χ1n) is 7.05. The highest BCUT2D eigenvalue weighted by Gasteiger charge is 2.22. The molecule has 1 aromatic heterocycles. The van der Waals surface area contributed by atoms with Gasteiger partial charge in [0.1, 0.15) is 0 Å². The number of rotatable bonds is 3. The van der Waals surface area contributed by atoms with Gasteiger partial charge in [-0.25, -0.2) is 0 Å². The fraction of sp³-hybridized carbons (Fsp3) is 0.533. The normalized spacial score (nSPS) is 15.8. The number of amides is 1. The van der Waals surface area contributed by atoms with Gasteiger partial charge in [0.05, 0.1) is 16.3 Å². The van der Waals surface area contributed by atoms with Crippen LogP contribution < -0.4 is 5.73 Å². The zero-order chi connectivity index (χ0) is 14.4. The van der Waals surface area contributed by atoms with Gasteiger partial charge in [-0.2, -0.15) is 0 Å². The summed E-state index contributed by atoms with van der Waals surface area (Å²) in [5.74, 6) is 5.92. The van der Waals surface area contributed by atoms with Gasteiger partial charge in [-0.15, -0.1) is 11.3 Å². The van der Waals surface area contributed by atoms with Crippen molar-refractivity contribution in [1.82, 2.24) is 9.80 Å². The molecule has 5 heteroatoms. The van der Waals surface area contributed by atoms with Crippen molar-refractivity contribution in [2.75, 3.05) is 39.3 Å². The van der Waals surface area contributed by atoms with Gasteiger partial charge in [0.2, 0.25) is 0 Å². The summed E-state index contributed by atoms with van der Waals surface area (Å²) in [4.78, 5) is 18.4. The van der Waals surface area contributed by atoms with E-state index in [1.165, 1.54) is 17.8 Å². The van der Waals surface area contributed by atoms with Crippen molar-refractivity contribution in [3.63, 3.8) is 0 Å². The summed E-state index contributed by atoms with van der Waals surface area (Å²) in [6.07, 6.45) is 1.17. The third kappa shape index (κ3) is 3.83. The largest absolute Gasteiger partial charge is 0.335 e. The monoisotopic (exact) mass is 291 g/mol. The van der Waals surface area contributed by atoms with Crippen LogP contribution in [0.1, 0.15) is 27.9 Å². The highest BCUT2D eigenvalue weighted by molar-refractivity contribution is 7.14. The zero-order valence-corrected chi connectivity index (χ0v) is 12.7. The molecule has 1 amide bonds. The molecule has 0 saturated carbocycles. The molecular formula is C15H21N3OS. The van der Waals surface area contributed by atoms with Crippen molar-refractivity contribution in [3.05, 3.63) is 21.9 Å². The summed E-state index contributed by atoms with van der Waals surface area (Å²) in [6, 6.07) is 3.76. The first-order chi connectivity index (χ1) is 9.74. The average Bonchev–Trinajstić information content (AvgIpc) is 2.94. The summed E-state index contributed by atoms with van der Waals surface area (Å²) in [5.41, 5.74) is 5.35. The van der Waals surface area contributed by atoms with Crippen LogP contribution in [0.15, 0.2) is 12.1 Å². The Morgan fingerprint density at radius 2 is 2.10 bits per heavy atom. The van der Waals surface area contributed by atoms with Gasteiger partial charge >= 0.3 is 0 Å². The highest BCUT2D eigenvalue weighted by Crippen LogP contribution is 2.18. The van der Waals surface area contributed by atoms with Crippen LogP contribution >= 0.6 is 11.3 Å². The zero-order valence-electron chi connectivity index (χ0n) is 11.9. The molecule has 108 valence electrons. The maximum atomic E-state index is 12.4. The minimum Gasteiger partial charge on any atom is -0.335 e. The molecule has 0 aliphatic carbocycles. The molecular weight excluding hydrogens is 270 g/mol. The van der Waals surface area contributed by atoms with Crippen LogP contribution in [0.5, 0.6) is 0 Å². The van der Waals surface area contributed by atoms with Gasteiger partial charge < -0.3 is 10.6 Å². The van der Waals surface area contributed by atoms with E-state index in [1.807, 2.05) is 17.0 Å². The van der Waals surface area contributed by atoms with Gasteiger partial charge in [-0.1, -0.05) is 18.8 Å². The molecule has 2 N–H and O–H groups in total. The second-order valence-corrected chi connectivity index (χ2v) is 5.89. The fourth-order valence-electron chi connectivity index (χ4n) is 2.30. The van der Waals surface area contributed by atoms with Crippen LogP contribution in [-0.2, 0) is 0 Å². The standard InChI is InChI=1S/C15H21N3OS/c1-2-8-17-9-11-18(12-10-17)15(19)14-6-5-13(20-14)4-3-7-16/h5-6H,2,7-12,16H2,1H3. The molecule has 2 heterocycles. The molecule has 0 spiro atoms. The lowest BCUT2D eigenvalue weighted by atomic mass is 10.2. The predicted octanol–water partition coefficient (Wildman–Crippen LogP) is 1.23. The van der Waals surface area contributed by atoms with Gasteiger partial charge in [-0.05, 0) is 25.1 Å². The summed E-state index contributed by atoms with van der Waals surface area (Å²) >= 11 is 1.45. The van der Waals surface area contributed by atoms with E-state index in [2.05, 4.69) is 23.7 Å². The van der Waals surface area contributed by atoms with Crippen LogP contribution in [-0.4, -0.2) is 55.0 Å². The third-order valence-corrected chi connectivity index (χ3v) is 4.32. The molecule has 20 heavy (non-hydrogen) atoms. The minimum atomic E-state index is 0.131. The Labute approximate surface area is 124 Å². The minimum absolute atomic E-state index is 0.131. The Morgan fingerprint density at radius 3 is 2.75 bits per heavy atom. The lowest BCUT2D eigenvalue weighted by Crippen LogP contribution is -2.48. The maximum absolute atomic E-state index is 12.4. The first kappa shape index (κ1) is 15.0. The van der Waals surface area contributed by atoms with E-state index in [9.17, 15) is 4.79 Å². The van der Waals surface area contributed by atoms with Gasteiger partial charge in [-0.3, -0.25) is 9.69 Å². The number of nitrogens with two attached hydrogens (primary N) is 1. The molecule has 1 fully saturated rings. The number of nitrogens with zero attached hydrogens (tertiary/aromatic N) is 2. The number of carbonyl (C=O) groups excluding carboxylic acids is 1. The molecule has 0 unspecified atom stereocenters. The van der Waals surface area contributed by atoms with E-state index in [1.54, 1.807) is 0 Å². The SMILES string of the molecule is CCCN1CCN(C(=O)c2ccc(C#CCN)s2)CC1. The van der Waals surface area contributed by atoms with E-state index in [0.717, 1.165) is 42.5 Å². The van der Waals surface area contributed by atoms with E-state index >= 15 is 0 Å². The molecule has 4 nitrogen and oxygen atoms in total. The second-order valence-electron chi connectivity index (χ2n) is 4.80. The van der Waals surface area contributed by atoms with Crippen molar-refractivity contribution in [2.24, 2.45) is 5.73 Å². The molecule has 1 aliphatic rings. The molecule has 2 rings (SSSR count). The van der Waals surface area contributed by atoms with Crippen LogP contribution in [0.25, 0.3) is 0 Å². The van der Waals surface area contributed by atoms with Crippen LogP contribution in [0.4, 0.5) is 0 Å². The van der Waals surface area contributed by atoms with Gasteiger partial charge in [0.25, 0.3) is 5.91 Å². The number of piperazine rings is 1. The number of hydrogen-bond donors (Lipinski definition) is 1. The fourth-order valence-corrected chi connectivity index (χ4v) is 3.15. The molecule has 0 radical (unpaired) electrons. The molecule has 0 aromatic carbocycles. The Balaban J connectivity index is 1.93. The number of thiophene rings is 1. The van der Waals surface area contributed by atoms with Gasteiger partial charge in [0.15, 0.2) is 0 Å². The Kier molecular flexibility index (Phi) is 5.60. The quantitative estimate of drug-likeness (QED) is 0.852. The van der Waals surface area contributed by atoms with Gasteiger partial charge in [0, 0.05) is 26.2 Å². The topological polar surface area (TPSA) is 49.6 Å². The van der Waals surface area contributed by atoms with E-state index in [0.29, 0.717) is 6.54 Å². The Morgan fingerprint density at radius 1 is 1.35 bits per heavy atom. The van der Waals surface area contributed by atoms with E-state index < -0.39 is 0 Å². The van der Waals surface area contributed by atoms with E-state index in [-0.39, 0.29) is 5.91 Å². The van der Waals surface area contributed by atoms with E-state index in [4.69, 9.17) is 5.73 Å². The van der Waals surface area contributed by atoms with Crippen molar-refractivity contribution in [1.29, 1.82) is 0 Å². The molecule has 1 saturated heterocycles. The predicted molar refractivity (Wildman–Crippen MR) is 82.9 cm³/mol. The van der Waals surface area contributed by atoms with Crippen molar-refractivity contribution in [3.8, 4) is 11.8 Å². The maximum Gasteiger partial charge on any atom is 0.264 e.